The molecule has 0 spiro atoms. The Hall–Kier alpha value is -3.19. The van der Waals surface area contributed by atoms with Crippen LogP contribution in [0.2, 0.25) is 10.0 Å². The van der Waals surface area contributed by atoms with Gasteiger partial charge in [0, 0.05) is 31.2 Å². The highest BCUT2D eigenvalue weighted by Crippen LogP contribution is 2.42. The first-order chi connectivity index (χ1) is 19.0. The first-order valence-corrected chi connectivity index (χ1v) is 13.6. The molecule has 1 saturated heterocycles. The largest absolute Gasteiger partial charge is 0.463 e. The van der Waals surface area contributed by atoms with E-state index in [0.29, 0.717) is 26.2 Å². The van der Waals surface area contributed by atoms with Gasteiger partial charge in [-0.3, -0.25) is 14.4 Å². The van der Waals surface area contributed by atoms with Crippen LogP contribution in [0.5, 0.6) is 0 Å². The Labute approximate surface area is 243 Å². The molecule has 40 heavy (non-hydrogen) atoms. The Kier molecular flexibility index (Phi) is 9.67. The van der Waals surface area contributed by atoms with Crippen molar-refractivity contribution in [3.63, 3.8) is 0 Å². The third-order valence-electron chi connectivity index (χ3n) is 5.75. The third-order valence-corrected chi connectivity index (χ3v) is 7.63. The van der Waals surface area contributed by atoms with Gasteiger partial charge in [-0.25, -0.2) is 9.07 Å². The summed E-state index contributed by atoms with van der Waals surface area (Å²) in [6.07, 6.45) is -1.70. The van der Waals surface area contributed by atoms with Crippen molar-refractivity contribution in [3.05, 3.63) is 64.5 Å². The molecule has 2 aromatic carbocycles. The zero-order chi connectivity index (χ0) is 29.0. The molecule has 212 valence electrons. The highest BCUT2D eigenvalue weighted by atomic mass is 35.5. The number of carbonyl (C=O) groups excluding carboxylic acids is 3. The zero-order valence-corrected chi connectivity index (χ0v) is 23.8. The molecule has 1 aliphatic heterocycles. The summed E-state index contributed by atoms with van der Waals surface area (Å²) in [5.74, 6) is -2.34. The van der Waals surface area contributed by atoms with E-state index in [9.17, 15) is 18.8 Å². The molecule has 2 heterocycles. The first kappa shape index (κ1) is 29.8. The minimum absolute atomic E-state index is 0.277. The lowest BCUT2D eigenvalue weighted by atomic mass is 9.96. The van der Waals surface area contributed by atoms with E-state index in [0.717, 1.165) is 0 Å². The predicted molar refractivity (Wildman–Crippen MR) is 143 cm³/mol. The van der Waals surface area contributed by atoms with Crippen LogP contribution in [-0.2, 0) is 33.3 Å². The molecule has 0 radical (unpaired) electrons. The van der Waals surface area contributed by atoms with Crippen molar-refractivity contribution in [3.8, 4) is 11.3 Å². The Morgan fingerprint density at radius 2 is 1.73 bits per heavy atom. The SMILES string of the molecule is CC(=O)OC[C@H]1O[C@H](Sc2ccc(Cl)c(Cl)c2)[C@H](OC(C)=O)[C@@H](n2cc(-c3cccc(F)c3)nn2)[C@H]1OC(C)=O. The molecule has 1 aromatic heterocycles. The monoisotopic (exact) mass is 611 g/mol. The number of benzene rings is 2. The van der Waals surface area contributed by atoms with Gasteiger partial charge < -0.3 is 18.9 Å². The number of nitrogens with zero attached hydrogens (tertiary/aromatic N) is 3. The molecule has 0 saturated carbocycles. The van der Waals surface area contributed by atoms with E-state index < -0.39 is 53.5 Å². The molecule has 0 aliphatic carbocycles. The number of halogens is 3. The third kappa shape index (κ3) is 7.30. The van der Waals surface area contributed by atoms with Gasteiger partial charge >= 0.3 is 17.9 Å². The fourth-order valence-corrected chi connectivity index (χ4v) is 5.68. The number of thioether (sulfide) groups is 1. The fourth-order valence-electron chi connectivity index (χ4n) is 4.17. The Bertz CT molecular complexity index is 1410. The lowest BCUT2D eigenvalue weighted by Gasteiger charge is -2.44. The van der Waals surface area contributed by atoms with Crippen LogP contribution in [0.3, 0.4) is 0 Å². The standard InChI is InChI=1S/C26H24Cl2FN3O7S/c1-13(33)36-12-22-24(37-14(2)34)23(32-11-21(30-31-32)16-5-4-6-17(29)9-16)25(38-15(3)35)26(39-22)40-18-7-8-19(27)20(28)10-18/h4-11,22-26H,12H2,1-3H3/t22-,23+,24+,25-,26-/m1/s1. The van der Waals surface area contributed by atoms with Gasteiger partial charge in [-0.1, -0.05) is 52.3 Å². The second-order valence-electron chi connectivity index (χ2n) is 8.77. The van der Waals surface area contributed by atoms with E-state index in [1.165, 1.54) is 61.6 Å². The maximum absolute atomic E-state index is 13.9. The van der Waals surface area contributed by atoms with E-state index in [4.69, 9.17) is 42.1 Å². The average molecular weight is 612 g/mol. The molecule has 14 heteroatoms. The minimum Gasteiger partial charge on any atom is -0.463 e. The van der Waals surface area contributed by atoms with E-state index in [1.807, 2.05) is 0 Å². The number of esters is 3. The van der Waals surface area contributed by atoms with E-state index in [2.05, 4.69) is 10.3 Å². The van der Waals surface area contributed by atoms with Crippen LogP contribution in [0.1, 0.15) is 26.8 Å². The molecule has 1 aliphatic rings. The van der Waals surface area contributed by atoms with Crippen LogP contribution >= 0.6 is 35.0 Å². The fraction of sp³-hybridized carbons (Fsp3) is 0.346. The molecule has 5 atom stereocenters. The van der Waals surface area contributed by atoms with E-state index in [-0.39, 0.29) is 6.61 Å². The summed E-state index contributed by atoms with van der Waals surface area (Å²) in [5.41, 5.74) is -0.149. The summed E-state index contributed by atoms with van der Waals surface area (Å²) >= 11 is 13.4. The van der Waals surface area contributed by atoms with Gasteiger partial charge in [0.05, 0.1) is 16.2 Å². The molecule has 0 N–H and O–H groups in total. The number of carbonyl (C=O) groups is 3. The van der Waals surface area contributed by atoms with Gasteiger partial charge in [0.15, 0.2) is 12.2 Å². The molecule has 0 amide bonds. The van der Waals surface area contributed by atoms with Crippen LogP contribution in [0.4, 0.5) is 4.39 Å². The Balaban J connectivity index is 1.80. The number of ether oxygens (including phenoxy) is 4. The Morgan fingerprint density at radius 3 is 2.38 bits per heavy atom. The predicted octanol–water partition coefficient (Wildman–Crippen LogP) is 4.88. The highest BCUT2D eigenvalue weighted by molar-refractivity contribution is 7.99. The Morgan fingerprint density at radius 1 is 1.00 bits per heavy atom. The summed E-state index contributed by atoms with van der Waals surface area (Å²) < 4.78 is 38.1. The topological polar surface area (TPSA) is 119 Å². The van der Waals surface area contributed by atoms with E-state index >= 15 is 0 Å². The van der Waals surface area contributed by atoms with Crippen molar-refractivity contribution in [2.24, 2.45) is 0 Å². The maximum atomic E-state index is 13.9. The van der Waals surface area contributed by atoms with Gasteiger partial charge in [-0.15, -0.1) is 5.10 Å². The van der Waals surface area contributed by atoms with Crippen LogP contribution < -0.4 is 0 Å². The molecule has 10 nitrogen and oxygen atoms in total. The van der Waals surface area contributed by atoms with Gasteiger partial charge in [-0.05, 0) is 30.3 Å². The van der Waals surface area contributed by atoms with Gasteiger partial charge in [0.2, 0.25) is 0 Å². The molecule has 3 aromatic rings. The average Bonchev–Trinajstić information content (AvgIpc) is 3.36. The van der Waals surface area contributed by atoms with E-state index in [1.54, 1.807) is 24.3 Å². The summed E-state index contributed by atoms with van der Waals surface area (Å²) in [6.45, 7) is 3.38. The number of rotatable bonds is 8. The van der Waals surface area contributed by atoms with Crippen molar-refractivity contribution in [2.75, 3.05) is 6.61 Å². The highest BCUT2D eigenvalue weighted by Gasteiger charge is 2.52. The maximum Gasteiger partial charge on any atom is 0.303 e. The number of hydrogen-bond acceptors (Lipinski definition) is 10. The minimum atomic E-state index is -1.13. The number of hydrogen-bond donors (Lipinski definition) is 0. The summed E-state index contributed by atoms with van der Waals surface area (Å²) in [7, 11) is 0. The quantitative estimate of drug-likeness (QED) is 0.257. The second kappa shape index (κ2) is 13.0. The first-order valence-electron chi connectivity index (χ1n) is 11.9. The van der Waals surface area contributed by atoms with Crippen molar-refractivity contribution in [2.45, 2.75) is 55.5 Å². The van der Waals surface area contributed by atoms with Gasteiger partial charge in [0.25, 0.3) is 0 Å². The summed E-state index contributed by atoms with van der Waals surface area (Å²) in [4.78, 5) is 36.8. The molecular weight excluding hydrogens is 588 g/mol. The van der Waals surface area contributed by atoms with Crippen molar-refractivity contribution in [1.82, 2.24) is 15.0 Å². The molecule has 0 unspecified atom stereocenters. The molecule has 4 rings (SSSR count). The molecule has 1 fully saturated rings. The molecular formula is C26H24Cl2FN3O7S. The molecule has 0 bridgehead atoms. The van der Waals surface area contributed by atoms with Gasteiger partial charge in [-0.2, -0.15) is 0 Å². The zero-order valence-electron chi connectivity index (χ0n) is 21.5. The van der Waals surface area contributed by atoms with Crippen LogP contribution in [-0.4, -0.2) is 63.3 Å². The lowest BCUT2D eigenvalue weighted by Crippen LogP contribution is -2.57. The summed E-state index contributed by atoms with van der Waals surface area (Å²) in [6, 6.07) is 9.71. The lowest BCUT2D eigenvalue weighted by molar-refractivity contribution is -0.212. The van der Waals surface area contributed by atoms with Crippen LogP contribution in [0.25, 0.3) is 11.3 Å². The van der Waals surface area contributed by atoms with Crippen LogP contribution in [0, 0.1) is 5.82 Å². The van der Waals surface area contributed by atoms with Crippen molar-refractivity contribution in [1.29, 1.82) is 0 Å². The smallest absolute Gasteiger partial charge is 0.303 e. The second-order valence-corrected chi connectivity index (χ2v) is 10.8. The number of aromatic nitrogens is 3. The van der Waals surface area contributed by atoms with Crippen LogP contribution in [0.15, 0.2) is 53.6 Å². The van der Waals surface area contributed by atoms with Crippen molar-refractivity contribution < 1.29 is 37.7 Å². The summed E-state index contributed by atoms with van der Waals surface area (Å²) in [5, 5.41) is 9.01. The van der Waals surface area contributed by atoms with Gasteiger partial charge in [0.1, 0.15) is 35.7 Å². The normalized spacial score (nSPS) is 22.4. The van der Waals surface area contributed by atoms with Crippen molar-refractivity contribution >= 4 is 52.9 Å².